The second-order valence-electron chi connectivity index (χ2n) is 4.54. The molecule has 2 rings (SSSR count). The minimum absolute atomic E-state index is 0.474. The lowest BCUT2D eigenvalue weighted by Gasteiger charge is -2.17. The quantitative estimate of drug-likeness (QED) is 0.761. The van der Waals surface area contributed by atoms with Crippen LogP contribution in [0.2, 0.25) is 0 Å². The molecule has 1 saturated heterocycles. The first-order chi connectivity index (χ1) is 6.74. The Morgan fingerprint density at radius 2 is 2.21 bits per heavy atom. The Morgan fingerprint density at radius 3 is 2.86 bits per heavy atom. The van der Waals surface area contributed by atoms with Crippen molar-refractivity contribution in [2.24, 2.45) is 4.99 Å². The van der Waals surface area contributed by atoms with Crippen molar-refractivity contribution in [3.63, 3.8) is 0 Å². The van der Waals surface area contributed by atoms with E-state index in [1.54, 1.807) is 0 Å². The van der Waals surface area contributed by atoms with Gasteiger partial charge in [-0.05, 0) is 26.2 Å². The number of hydrogen-bond acceptors (Lipinski definition) is 2. The lowest BCUT2D eigenvalue weighted by atomic mass is 10.1. The first-order valence-electron chi connectivity index (χ1n) is 5.75. The van der Waals surface area contributed by atoms with Crippen molar-refractivity contribution in [3.8, 4) is 0 Å². The fourth-order valence-electron chi connectivity index (χ4n) is 2.18. The van der Waals surface area contributed by atoms with Gasteiger partial charge in [-0.15, -0.1) is 0 Å². The lowest BCUT2D eigenvalue weighted by molar-refractivity contribution is 0.607. The summed E-state index contributed by atoms with van der Waals surface area (Å²) in [7, 11) is 0. The van der Waals surface area contributed by atoms with Crippen LogP contribution in [0.1, 0.15) is 46.0 Å². The molecule has 1 N–H and O–H groups in total. The van der Waals surface area contributed by atoms with E-state index in [2.05, 4.69) is 24.2 Å². The molecule has 0 aromatic rings. The summed E-state index contributed by atoms with van der Waals surface area (Å²) in [4.78, 5) is 4.68. The second kappa shape index (κ2) is 4.13. The van der Waals surface area contributed by atoms with Gasteiger partial charge in [0.25, 0.3) is 0 Å². The Bertz CT molecular complexity index is 231. The molecule has 0 bridgehead atoms. The highest BCUT2D eigenvalue weighted by molar-refractivity contribution is 8.15. The molecule has 2 nitrogen and oxygen atoms in total. The van der Waals surface area contributed by atoms with Crippen molar-refractivity contribution in [1.82, 2.24) is 5.32 Å². The maximum absolute atomic E-state index is 4.68. The molecule has 1 atom stereocenters. The highest BCUT2D eigenvalue weighted by Crippen LogP contribution is 2.44. The third-order valence-electron chi connectivity index (χ3n) is 3.32. The van der Waals surface area contributed by atoms with Gasteiger partial charge in [0.15, 0.2) is 5.17 Å². The van der Waals surface area contributed by atoms with Gasteiger partial charge in [0, 0.05) is 17.3 Å². The maximum atomic E-state index is 4.68. The van der Waals surface area contributed by atoms with Gasteiger partial charge in [-0.1, -0.05) is 31.5 Å². The summed E-state index contributed by atoms with van der Waals surface area (Å²) in [5.41, 5.74) is 0. The van der Waals surface area contributed by atoms with E-state index in [4.69, 9.17) is 0 Å². The maximum Gasteiger partial charge on any atom is 0.157 e. The van der Waals surface area contributed by atoms with Gasteiger partial charge < -0.3 is 5.32 Å². The number of aliphatic imine (C=N–C) groups is 1. The standard InChI is InChI=1S/C11H20N2S/c1-3-9(2)13-10-12-8-11(14-10)6-4-5-7-11/h9H,3-8H2,1-2H3,(H,12,13). The molecule has 1 unspecified atom stereocenters. The molecule has 1 saturated carbocycles. The molecule has 3 heteroatoms. The first-order valence-corrected chi connectivity index (χ1v) is 6.56. The van der Waals surface area contributed by atoms with Crippen LogP contribution in [-0.2, 0) is 0 Å². The monoisotopic (exact) mass is 212 g/mol. The predicted octanol–water partition coefficient (Wildman–Crippen LogP) is 2.79. The summed E-state index contributed by atoms with van der Waals surface area (Å²) in [5, 5.41) is 4.66. The predicted molar refractivity (Wildman–Crippen MR) is 64.0 cm³/mol. The van der Waals surface area contributed by atoms with Gasteiger partial charge in [0.2, 0.25) is 0 Å². The van der Waals surface area contributed by atoms with Crippen LogP contribution in [0.3, 0.4) is 0 Å². The van der Waals surface area contributed by atoms with Crippen LogP contribution in [0.5, 0.6) is 0 Å². The summed E-state index contributed by atoms with van der Waals surface area (Å²) < 4.78 is 0.520. The average molecular weight is 212 g/mol. The molecule has 0 aromatic carbocycles. The fourth-order valence-corrected chi connectivity index (χ4v) is 3.60. The van der Waals surface area contributed by atoms with Crippen LogP contribution in [0.15, 0.2) is 4.99 Å². The molecular formula is C11H20N2S. The number of thioether (sulfide) groups is 1. The Labute approximate surface area is 90.9 Å². The third-order valence-corrected chi connectivity index (χ3v) is 4.75. The van der Waals surface area contributed by atoms with Gasteiger partial charge in [0.1, 0.15) is 0 Å². The molecule has 0 radical (unpaired) electrons. The summed E-state index contributed by atoms with van der Waals surface area (Å²) >= 11 is 2.00. The zero-order valence-electron chi connectivity index (χ0n) is 9.18. The second-order valence-corrected chi connectivity index (χ2v) is 5.99. The van der Waals surface area contributed by atoms with Crippen molar-refractivity contribution >= 4 is 16.9 Å². The number of nitrogens with zero attached hydrogens (tertiary/aromatic N) is 1. The van der Waals surface area contributed by atoms with Crippen molar-refractivity contribution in [1.29, 1.82) is 0 Å². The van der Waals surface area contributed by atoms with Crippen LogP contribution in [0.25, 0.3) is 0 Å². The molecule has 0 aromatic heterocycles. The smallest absolute Gasteiger partial charge is 0.157 e. The minimum Gasteiger partial charge on any atom is -0.363 e. The third kappa shape index (κ3) is 2.08. The van der Waals surface area contributed by atoms with E-state index in [1.165, 1.54) is 30.9 Å². The van der Waals surface area contributed by atoms with Gasteiger partial charge in [-0.3, -0.25) is 4.99 Å². The van der Waals surface area contributed by atoms with Crippen LogP contribution in [-0.4, -0.2) is 22.5 Å². The number of hydrogen-bond donors (Lipinski definition) is 1. The van der Waals surface area contributed by atoms with E-state index in [-0.39, 0.29) is 0 Å². The molecule has 1 aliphatic heterocycles. The number of rotatable bonds is 2. The SMILES string of the molecule is CCC(C)N=C1NCC2(CCCC2)S1. The van der Waals surface area contributed by atoms with Crippen molar-refractivity contribution in [3.05, 3.63) is 0 Å². The number of amidine groups is 1. The van der Waals surface area contributed by atoms with E-state index in [0.717, 1.165) is 13.0 Å². The molecule has 14 heavy (non-hydrogen) atoms. The van der Waals surface area contributed by atoms with Crippen molar-refractivity contribution in [2.45, 2.75) is 56.7 Å². The Morgan fingerprint density at radius 1 is 1.50 bits per heavy atom. The Kier molecular flexibility index (Phi) is 3.05. The Hall–Kier alpha value is -0.180. The molecule has 1 aliphatic carbocycles. The van der Waals surface area contributed by atoms with E-state index < -0.39 is 0 Å². The van der Waals surface area contributed by atoms with Crippen molar-refractivity contribution in [2.75, 3.05) is 6.54 Å². The highest BCUT2D eigenvalue weighted by atomic mass is 32.2. The first kappa shape index (κ1) is 10.3. The van der Waals surface area contributed by atoms with Gasteiger partial charge in [-0.25, -0.2) is 0 Å². The van der Waals surface area contributed by atoms with E-state index in [9.17, 15) is 0 Å². The Balaban J connectivity index is 1.96. The van der Waals surface area contributed by atoms with Gasteiger partial charge in [0.05, 0.1) is 0 Å². The van der Waals surface area contributed by atoms with Gasteiger partial charge >= 0.3 is 0 Å². The highest BCUT2D eigenvalue weighted by Gasteiger charge is 2.40. The summed E-state index contributed by atoms with van der Waals surface area (Å²) in [6.45, 7) is 5.53. The molecule has 1 heterocycles. The summed E-state index contributed by atoms with van der Waals surface area (Å²) in [5.74, 6) is 0. The molecule has 2 aliphatic rings. The zero-order valence-corrected chi connectivity index (χ0v) is 9.99. The minimum atomic E-state index is 0.474. The molecular weight excluding hydrogens is 192 g/mol. The molecule has 2 fully saturated rings. The zero-order chi connectivity index (χ0) is 10.0. The molecule has 1 spiro atoms. The van der Waals surface area contributed by atoms with Gasteiger partial charge in [-0.2, -0.15) is 0 Å². The van der Waals surface area contributed by atoms with Crippen LogP contribution >= 0.6 is 11.8 Å². The topological polar surface area (TPSA) is 24.4 Å². The number of nitrogens with one attached hydrogen (secondary N) is 1. The van der Waals surface area contributed by atoms with Crippen LogP contribution < -0.4 is 5.32 Å². The normalized spacial score (nSPS) is 29.7. The lowest BCUT2D eigenvalue weighted by Crippen LogP contribution is -2.25. The molecule has 80 valence electrons. The summed E-state index contributed by atoms with van der Waals surface area (Å²) in [6.07, 6.45) is 6.71. The van der Waals surface area contributed by atoms with Crippen LogP contribution in [0.4, 0.5) is 0 Å². The van der Waals surface area contributed by atoms with E-state index in [1.807, 2.05) is 11.8 Å². The summed E-state index contributed by atoms with van der Waals surface area (Å²) in [6, 6.07) is 0.474. The van der Waals surface area contributed by atoms with E-state index in [0.29, 0.717) is 10.8 Å². The molecule has 0 amide bonds. The van der Waals surface area contributed by atoms with Crippen molar-refractivity contribution < 1.29 is 0 Å². The fraction of sp³-hybridized carbons (Fsp3) is 0.909. The van der Waals surface area contributed by atoms with E-state index >= 15 is 0 Å². The average Bonchev–Trinajstić information content (AvgIpc) is 2.78. The van der Waals surface area contributed by atoms with Crippen LogP contribution in [0, 0.1) is 0 Å². The largest absolute Gasteiger partial charge is 0.363 e.